The van der Waals surface area contributed by atoms with Gasteiger partial charge < -0.3 is 14.6 Å². The Kier molecular flexibility index (Phi) is 10.3. The first-order valence-electron chi connectivity index (χ1n) is 10.8. The lowest BCUT2D eigenvalue weighted by atomic mass is 10.0. The summed E-state index contributed by atoms with van der Waals surface area (Å²) in [6.07, 6.45) is 19.6. The van der Waals surface area contributed by atoms with Gasteiger partial charge in [-0.25, -0.2) is 0 Å². The van der Waals surface area contributed by atoms with Crippen LogP contribution in [0.25, 0.3) is 0 Å². The van der Waals surface area contributed by atoms with E-state index in [9.17, 15) is 5.11 Å². The molecule has 24 heavy (non-hydrogen) atoms. The highest BCUT2D eigenvalue weighted by Crippen LogP contribution is 2.39. The Bertz CT molecular complexity index is 293. The summed E-state index contributed by atoms with van der Waals surface area (Å²) in [6.45, 7) is 3.15. The van der Waals surface area contributed by atoms with Crippen molar-refractivity contribution in [2.45, 2.75) is 128 Å². The molecular formula is C21H40O3. The van der Waals surface area contributed by atoms with Crippen molar-refractivity contribution in [2.75, 3.05) is 6.61 Å². The number of aliphatic hydroxyl groups excluding tert-OH is 1. The van der Waals surface area contributed by atoms with Gasteiger partial charge in [0.25, 0.3) is 0 Å². The highest BCUT2D eigenvalue weighted by molar-refractivity contribution is 4.97. The number of ether oxygens (including phenoxy) is 2. The van der Waals surface area contributed by atoms with Gasteiger partial charge in [0.1, 0.15) is 6.10 Å². The van der Waals surface area contributed by atoms with Crippen LogP contribution in [0.3, 0.4) is 0 Å². The fourth-order valence-corrected chi connectivity index (χ4v) is 4.07. The predicted molar refractivity (Wildman–Crippen MR) is 99.3 cm³/mol. The number of hydrogen-bond donors (Lipinski definition) is 1. The monoisotopic (exact) mass is 340 g/mol. The van der Waals surface area contributed by atoms with Crippen molar-refractivity contribution >= 4 is 0 Å². The van der Waals surface area contributed by atoms with Crippen LogP contribution >= 0.6 is 0 Å². The smallest absolute Gasteiger partial charge is 0.110 e. The molecule has 3 rings (SSSR count). The summed E-state index contributed by atoms with van der Waals surface area (Å²) >= 11 is 0. The molecule has 1 N–H and O–H groups in total. The van der Waals surface area contributed by atoms with E-state index in [1.165, 1.54) is 70.6 Å². The van der Waals surface area contributed by atoms with Crippen LogP contribution in [0.5, 0.6) is 0 Å². The molecule has 3 heteroatoms. The van der Waals surface area contributed by atoms with Gasteiger partial charge >= 0.3 is 0 Å². The lowest BCUT2D eigenvalue weighted by Crippen LogP contribution is -2.47. The number of aliphatic hydroxyl groups is 1. The molecule has 3 unspecified atom stereocenters. The Labute approximate surface area is 149 Å². The first kappa shape index (κ1) is 20.2. The molecule has 0 radical (unpaired) electrons. The van der Waals surface area contributed by atoms with Crippen molar-refractivity contribution < 1.29 is 14.6 Å². The van der Waals surface area contributed by atoms with E-state index in [2.05, 4.69) is 6.92 Å². The Morgan fingerprint density at radius 1 is 0.833 bits per heavy atom. The zero-order valence-electron chi connectivity index (χ0n) is 15.9. The summed E-state index contributed by atoms with van der Waals surface area (Å²) in [5.41, 5.74) is 0. The minimum Gasteiger partial charge on any atom is -0.393 e. The van der Waals surface area contributed by atoms with E-state index < -0.39 is 0 Å². The summed E-state index contributed by atoms with van der Waals surface area (Å²) in [7, 11) is 0. The fraction of sp³-hybridized carbons (Fsp3) is 1.00. The third-order valence-corrected chi connectivity index (χ3v) is 5.70. The maximum absolute atomic E-state index is 10.0. The Morgan fingerprint density at radius 2 is 1.38 bits per heavy atom. The van der Waals surface area contributed by atoms with Crippen molar-refractivity contribution in [2.24, 2.45) is 0 Å². The third kappa shape index (κ3) is 7.41. The first-order valence-corrected chi connectivity index (χ1v) is 10.8. The molecule has 3 aliphatic rings. The first-order chi connectivity index (χ1) is 11.8. The number of hydrogen-bond acceptors (Lipinski definition) is 3. The second-order valence-electron chi connectivity index (χ2n) is 7.89. The van der Waals surface area contributed by atoms with Crippen LogP contribution in [0.4, 0.5) is 0 Å². The second-order valence-corrected chi connectivity index (χ2v) is 7.89. The number of fused-ring (bicyclic) bond motifs is 1. The summed E-state index contributed by atoms with van der Waals surface area (Å²) in [6, 6.07) is 0. The standard InChI is InChI=1S/C21H40O3/c1-2-3-4-5-6-7-10-13-18(22)14-11-8-9-12-17-23-21-19-15-16-20(21)24-19/h18-22H,2-17H2,1H3. The normalized spacial score (nSPS) is 26.5. The lowest BCUT2D eigenvalue weighted by molar-refractivity contribution is -0.200. The summed E-state index contributed by atoms with van der Waals surface area (Å²) in [5, 5.41) is 10.0. The molecular weight excluding hydrogens is 300 g/mol. The fourth-order valence-electron chi connectivity index (χ4n) is 4.07. The Morgan fingerprint density at radius 3 is 1.96 bits per heavy atom. The van der Waals surface area contributed by atoms with E-state index in [0.29, 0.717) is 18.3 Å². The van der Waals surface area contributed by atoms with Crippen LogP contribution in [0.1, 0.15) is 103 Å². The molecule has 1 saturated carbocycles. The van der Waals surface area contributed by atoms with E-state index in [1.54, 1.807) is 0 Å². The average Bonchev–Trinajstić information content (AvgIpc) is 3.20. The van der Waals surface area contributed by atoms with Gasteiger partial charge in [0.2, 0.25) is 0 Å². The molecule has 3 atom stereocenters. The van der Waals surface area contributed by atoms with Crippen molar-refractivity contribution in [1.29, 1.82) is 0 Å². The molecule has 0 aromatic carbocycles. The quantitative estimate of drug-likeness (QED) is 0.383. The highest BCUT2D eigenvalue weighted by Gasteiger charge is 2.49. The Hall–Kier alpha value is -0.120. The number of unbranched alkanes of at least 4 members (excludes halogenated alkanes) is 9. The summed E-state index contributed by atoms with van der Waals surface area (Å²) in [5.74, 6) is 0. The van der Waals surface area contributed by atoms with Crippen molar-refractivity contribution in [3.8, 4) is 0 Å². The van der Waals surface area contributed by atoms with Gasteiger partial charge in [0.15, 0.2) is 0 Å². The molecule has 2 bridgehead atoms. The zero-order valence-corrected chi connectivity index (χ0v) is 15.9. The second kappa shape index (κ2) is 12.3. The van der Waals surface area contributed by atoms with Crippen LogP contribution in [-0.4, -0.2) is 36.1 Å². The van der Waals surface area contributed by atoms with E-state index in [4.69, 9.17) is 9.47 Å². The molecule has 0 spiro atoms. The topological polar surface area (TPSA) is 38.7 Å². The van der Waals surface area contributed by atoms with E-state index in [1.807, 2.05) is 0 Å². The summed E-state index contributed by atoms with van der Waals surface area (Å²) in [4.78, 5) is 0. The van der Waals surface area contributed by atoms with E-state index in [0.717, 1.165) is 32.3 Å². The molecule has 2 aliphatic heterocycles. The molecule has 2 heterocycles. The number of rotatable bonds is 16. The van der Waals surface area contributed by atoms with Crippen molar-refractivity contribution in [1.82, 2.24) is 0 Å². The van der Waals surface area contributed by atoms with Crippen molar-refractivity contribution in [3.05, 3.63) is 0 Å². The van der Waals surface area contributed by atoms with Gasteiger partial charge in [-0.2, -0.15) is 0 Å². The highest BCUT2D eigenvalue weighted by atomic mass is 16.6. The third-order valence-electron chi connectivity index (χ3n) is 5.70. The predicted octanol–water partition coefficient (Wildman–Crippen LogP) is 5.38. The zero-order chi connectivity index (χ0) is 17.0. The molecule has 0 aromatic rings. The molecule has 0 aromatic heterocycles. The average molecular weight is 341 g/mol. The Balaban J connectivity index is 1.28. The largest absolute Gasteiger partial charge is 0.393 e. The lowest BCUT2D eigenvalue weighted by Gasteiger charge is -2.35. The minimum absolute atomic E-state index is 0.0698. The minimum atomic E-state index is -0.0698. The molecule has 2 saturated heterocycles. The van der Waals surface area contributed by atoms with Crippen LogP contribution in [0, 0.1) is 0 Å². The molecule has 142 valence electrons. The van der Waals surface area contributed by atoms with Crippen LogP contribution in [0.2, 0.25) is 0 Å². The van der Waals surface area contributed by atoms with Crippen LogP contribution in [-0.2, 0) is 9.47 Å². The van der Waals surface area contributed by atoms with E-state index in [-0.39, 0.29) is 6.10 Å². The SMILES string of the molecule is CCCCCCCCCC(O)CCCCCCOC1C2CCC1O2. The molecule has 3 nitrogen and oxygen atoms in total. The van der Waals surface area contributed by atoms with Gasteiger partial charge in [-0.15, -0.1) is 0 Å². The van der Waals surface area contributed by atoms with E-state index >= 15 is 0 Å². The van der Waals surface area contributed by atoms with Crippen LogP contribution < -0.4 is 0 Å². The summed E-state index contributed by atoms with van der Waals surface area (Å²) < 4.78 is 11.5. The van der Waals surface area contributed by atoms with Gasteiger partial charge in [0.05, 0.1) is 18.3 Å². The van der Waals surface area contributed by atoms with Gasteiger partial charge in [0, 0.05) is 6.61 Å². The molecule has 0 amide bonds. The molecule has 3 fully saturated rings. The van der Waals surface area contributed by atoms with Gasteiger partial charge in [-0.05, 0) is 32.1 Å². The van der Waals surface area contributed by atoms with Crippen molar-refractivity contribution in [3.63, 3.8) is 0 Å². The van der Waals surface area contributed by atoms with Gasteiger partial charge in [-0.1, -0.05) is 71.1 Å². The van der Waals surface area contributed by atoms with Crippen LogP contribution in [0.15, 0.2) is 0 Å². The van der Waals surface area contributed by atoms with Gasteiger partial charge in [-0.3, -0.25) is 0 Å². The maximum Gasteiger partial charge on any atom is 0.110 e. The molecule has 1 aliphatic carbocycles. The maximum atomic E-state index is 10.0.